The van der Waals surface area contributed by atoms with E-state index >= 15 is 0 Å². The molecule has 0 bridgehead atoms. The zero-order chi connectivity index (χ0) is 18.2. The van der Waals surface area contributed by atoms with Crippen molar-refractivity contribution in [3.8, 4) is 0 Å². The zero-order valence-electron chi connectivity index (χ0n) is 15.4. The Morgan fingerprint density at radius 1 is 1.23 bits per heavy atom. The molecule has 3 rings (SSSR count). The SMILES string of the molecule is O=C(O)C=Cc1cnc(N[C@@H]2CCN(CCCC3CCCCC3)C2)cn1. The minimum atomic E-state index is -0.983. The van der Waals surface area contributed by atoms with E-state index in [2.05, 4.69) is 20.2 Å². The Bertz CT molecular complexity index is 596. The quantitative estimate of drug-likeness (QED) is 0.693. The number of aliphatic carboxylic acids is 1. The lowest BCUT2D eigenvalue weighted by Gasteiger charge is -2.23. The number of carboxylic acids is 1. The van der Waals surface area contributed by atoms with Gasteiger partial charge < -0.3 is 15.3 Å². The lowest BCUT2D eigenvalue weighted by atomic mass is 9.86. The fraction of sp³-hybridized carbons (Fsp3) is 0.650. The largest absolute Gasteiger partial charge is 0.478 e. The van der Waals surface area contributed by atoms with Crippen LogP contribution in [0.3, 0.4) is 0 Å². The van der Waals surface area contributed by atoms with Crippen LogP contribution in [0.15, 0.2) is 18.5 Å². The van der Waals surface area contributed by atoms with Gasteiger partial charge >= 0.3 is 5.97 Å². The lowest BCUT2D eigenvalue weighted by molar-refractivity contribution is -0.131. The van der Waals surface area contributed by atoms with Gasteiger partial charge in [0.25, 0.3) is 0 Å². The molecule has 0 spiro atoms. The molecular weight excluding hydrogens is 328 g/mol. The second-order valence-electron chi connectivity index (χ2n) is 7.57. The van der Waals surface area contributed by atoms with Gasteiger partial charge in [-0.25, -0.2) is 9.78 Å². The monoisotopic (exact) mass is 358 g/mol. The Labute approximate surface area is 155 Å². The van der Waals surface area contributed by atoms with E-state index in [1.807, 2.05) is 0 Å². The maximum absolute atomic E-state index is 10.5. The third kappa shape index (κ3) is 6.09. The van der Waals surface area contributed by atoms with Gasteiger partial charge in [-0.1, -0.05) is 32.1 Å². The van der Waals surface area contributed by atoms with Gasteiger partial charge in [0.2, 0.25) is 0 Å². The molecule has 1 aromatic rings. The van der Waals surface area contributed by atoms with Gasteiger partial charge in [0.15, 0.2) is 0 Å². The van der Waals surface area contributed by atoms with E-state index in [4.69, 9.17) is 5.11 Å². The minimum Gasteiger partial charge on any atom is -0.478 e. The van der Waals surface area contributed by atoms with Crippen molar-refractivity contribution in [3.05, 3.63) is 24.2 Å². The molecule has 0 unspecified atom stereocenters. The fourth-order valence-electron chi connectivity index (χ4n) is 4.10. The molecule has 2 N–H and O–H groups in total. The van der Waals surface area contributed by atoms with Crippen molar-refractivity contribution in [2.75, 3.05) is 25.0 Å². The topological polar surface area (TPSA) is 78.3 Å². The molecule has 1 saturated heterocycles. The highest BCUT2D eigenvalue weighted by Gasteiger charge is 2.22. The summed E-state index contributed by atoms with van der Waals surface area (Å²) in [5.74, 6) is 0.749. The van der Waals surface area contributed by atoms with Gasteiger partial charge in [-0.05, 0) is 37.8 Å². The molecular formula is C20H30N4O2. The summed E-state index contributed by atoms with van der Waals surface area (Å²) in [4.78, 5) is 21.6. The summed E-state index contributed by atoms with van der Waals surface area (Å²) in [6, 6.07) is 0.416. The van der Waals surface area contributed by atoms with Crippen molar-refractivity contribution >= 4 is 17.9 Å². The number of aromatic nitrogens is 2. The highest BCUT2D eigenvalue weighted by molar-refractivity contribution is 5.84. The van der Waals surface area contributed by atoms with E-state index in [1.54, 1.807) is 12.4 Å². The number of rotatable bonds is 8. The van der Waals surface area contributed by atoms with Crippen molar-refractivity contribution in [2.24, 2.45) is 5.92 Å². The van der Waals surface area contributed by atoms with Gasteiger partial charge in [-0.3, -0.25) is 4.98 Å². The second-order valence-corrected chi connectivity index (χ2v) is 7.57. The number of nitrogens with one attached hydrogen (secondary N) is 1. The van der Waals surface area contributed by atoms with Gasteiger partial charge in [-0.15, -0.1) is 0 Å². The van der Waals surface area contributed by atoms with E-state index in [9.17, 15) is 4.79 Å². The zero-order valence-corrected chi connectivity index (χ0v) is 15.4. The van der Waals surface area contributed by atoms with Crippen LogP contribution in [0.2, 0.25) is 0 Å². The summed E-state index contributed by atoms with van der Waals surface area (Å²) in [5, 5.41) is 12.1. The van der Waals surface area contributed by atoms with Crippen LogP contribution in [0, 0.1) is 5.92 Å². The summed E-state index contributed by atoms with van der Waals surface area (Å²) in [6.07, 6.45) is 16.8. The Kier molecular flexibility index (Phi) is 7.00. The van der Waals surface area contributed by atoms with Crippen molar-refractivity contribution < 1.29 is 9.90 Å². The summed E-state index contributed by atoms with van der Waals surface area (Å²) < 4.78 is 0. The molecule has 1 aliphatic carbocycles. The first-order valence-corrected chi connectivity index (χ1v) is 9.91. The number of nitrogens with zero attached hydrogens (tertiary/aromatic N) is 3. The molecule has 6 heteroatoms. The molecule has 0 radical (unpaired) electrons. The van der Waals surface area contributed by atoms with Gasteiger partial charge in [0.05, 0.1) is 18.1 Å². The number of carbonyl (C=O) groups is 1. The van der Waals surface area contributed by atoms with Crippen molar-refractivity contribution in [1.82, 2.24) is 14.9 Å². The van der Waals surface area contributed by atoms with Crippen LogP contribution in [0.4, 0.5) is 5.82 Å². The predicted octanol–water partition coefficient (Wildman–Crippen LogP) is 3.42. The van der Waals surface area contributed by atoms with Crippen LogP contribution < -0.4 is 5.32 Å². The molecule has 0 aromatic carbocycles. The average molecular weight is 358 g/mol. The van der Waals surface area contributed by atoms with E-state index in [0.717, 1.165) is 37.3 Å². The van der Waals surface area contributed by atoms with E-state index < -0.39 is 5.97 Å². The molecule has 142 valence electrons. The fourth-order valence-corrected chi connectivity index (χ4v) is 4.10. The molecule has 2 fully saturated rings. The van der Waals surface area contributed by atoms with Gasteiger partial charge in [0, 0.05) is 25.2 Å². The Morgan fingerprint density at radius 2 is 2.08 bits per heavy atom. The van der Waals surface area contributed by atoms with Gasteiger partial charge in [-0.2, -0.15) is 0 Å². The minimum absolute atomic E-state index is 0.416. The maximum Gasteiger partial charge on any atom is 0.328 e. The molecule has 2 heterocycles. The molecule has 6 nitrogen and oxygen atoms in total. The second kappa shape index (κ2) is 9.67. The van der Waals surface area contributed by atoms with Gasteiger partial charge in [0.1, 0.15) is 5.82 Å². The highest BCUT2D eigenvalue weighted by Crippen LogP contribution is 2.27. The number of likely N-dealkylation sites (tertiary alicyclic amines) is 1. The van der Waals surface area contributed by atoms with Crippen molar-refractivity contribution in [2.45, 2.75) is 57.4 Å². The molecule has 1 aliphatic heterocycles. The summed E-state index contributed by atoms with van der Waals surface area (Å²) in [6.45, 7) is 3.42. The van der Waals surface area contributed by atoms with Crippen LogP contribution in [-0.4, -0.2) is 51.6 Å². The highest BCUT2D eigenvalue weighted by atomic mass is 16.4. The van der Waals surface area contributed by atoms with E-state index in [0.29, 0.717) is 11.7 Å². The first-order chi connectivity index (χ1) is 12.7. The molecule has 26 heavy (non-hydrogen) atoms. The number of carboxylic acid groups (broad SMARTS) is 1. The number of hydrogen-bond donors (Lipinski definition) is 2. The van der Waals surface area contributed by atoms with Crippen molar-refractivity contribution in [3.63, 3.8) is 0 Å². The standard InChI is InChI=1S/C20H30N4O2/c25-20(26)9-8-17-13-22-19(14-21-17)23-18-10-12-24(15-18)11-4-7-16-5-2-1-3-6-16/h8-9,13-14,16,18H,1-7,10-12,15H2,(H,22,23)(H,25,26)/t18-/m1/s1. The normalized spacial score (nSPS) is 22.1. The molecule has 2 aliphatic rings. The number of hydrogen-bond acceptors (Lipinski definition) is 5. The first kappa shape index (κ1) is 18.8. The third-order valence-electron chi connectivity index (χ3n) is 5.50. The number of anilines is 1. The molecule has 1 atom stereocenters. The Morgan fingerprint density at radius 3 is 2.81 bits per heavy atom. The first-order valence-electron chi connectivity index (χ1n) is 9.91. The Balaban J connectivity index is 1.36. The van der Waals surface area contributed by atoms with E-state index in [-0.39, 0.29) is 0 Å². The van der Waals surface area contributed by atoms with Crippen LogP contribution in [0.5, 0.6) is 0 Å². The molecule has 1 saturated carbocycles. The van der Waals surface area contributed by atoms with Crippen LogP contribution in [0.1, 0.15) is 57.1 Å². The third-order valence-corrected chi connectivity index (χ3v) is 5.50. The molecule has 0 amide bonds. The lowest BCUT2D eigenvalue weighted by Crippen LogP contribution is -2.27. The Hall–Kier alpha value is -1.95. The molecule has 1 aromatic heterocycles. The summed E-state index contributed by atoms with van der Waals surface area (Å²) in [7, 11) is 0. The van der Waals surface area contributed by atoms with Crippen molar-refractivity contribution in [1.29, 1.82) is 0 Å². The summed E-state index contributed by atoms with van der Waals surface area (Å²) >= 11 is 0. The van der Waals surface area contributed by atoms with Crippen LogP contribution in [0.25, 0.3) is 6.08 Å². The van der Waals surface area contributed by atoms with E-state index in [1.165, 1.54) is 57.6 Å². The predicted molar refractivity (Wildman–Crippen MR) is 103 cm³/mol. The average Bonchev–Trinajstić information content (AvgIpc) is 3.09. The maximum atomic E-state index is 10.5. The summed E-state index contributed by atoms with van der Waals surface area (Å²) in [5.41, 5.74) is 0.550. The smallest absolute Gasteiger partial charge is 0.328 e. The van der Waals surface area contributed by atoms with Crippen LogP contribution >= 0.6 is 0 Å². The van der Waals surface area contributed by atoms with Crippen LogP contribution in [-0.2, 0) is 4.79 Å².